The standard InChI is InChI=1S/C49H31NO2/c1-3-14-32(15-4-1)49(42-22-10-7-18-36(42)37-19-8-11-23-43(37)49)33-26-29-46-41(30-33)40-21-13-24-44(48(40)52-46)50(34-16-5-2-6-17-34)35-27-28-39-38-20-9-12-25-45(38)51-47(39)31-35/h1-31H. The summed E-state index contributed by atoms with van der Waals surface area (Å²) in [6.07, 6.45) is 0. The fourth-order valence-electron chi connectivity index (χ4n) is 8.76. The lowest BCUT2D eigenvalue weighted by molar-refractivity contribution is 0.667. The zero-order valence-electron chi connectivity index (χ0n) is 28.2. The van der Waals surface area contributed by atoms with E-state index in [9.17, 15) is 0 Å². The van der Waals surface area contributed by atoms with Gasteiger partial charge in [-0.1, -0.05) is 133 Å². The van der Waals surface area contributed by atoms with Crippen molar-refractivity contribution >= 4 is 60.9 Å². The number of benzene rings is 8. The molecule has 8 aromatic carbocycles. The molecule has 2 aromatic heterocycles. The average molecular weight is 666 g/mol. The largest absolute Gasteiger partial charge is 0.456 e. The Hall–Kier alpha value is -6.84. The van der Waals surface area contributed by atoms with Crippen LogP contribution in [-0.2, 0) is 5.41 Å². The minimum Gasteiger partial charge on any atom is -0.456 e. The van der Waals surface area contributed by atoms with Crippen LogP contribution in [0.4, 0.5) is 17.1 Å². The van der Waals surface area contributed by atoms with Gasteiger partial charge in [-0.3, -0.25) is 0 Å². The number of anilines is 3. The molecule has 244 valence electrons. The number of hydrogen-bond acceptors (Lipinski definition) is 3. The Kier molecular flexibility index (Phi) is 6.17. The molecule has 0 atom stereocenters. The molecule has 52 heavy (non-hydrogen) atoms. The summed E-state index contributed by atoms with van der Waals surface area (Å²) in [6.45, 7) is 0. The highest BCUT2D eigenvalue weighted by Crippen LogP contribution is 2.56. The van der Waals surface area contributed by atoms with Gasteiger partial charge in [0.25, 0.3) is 0 Å². The fraction of sp³-hybridized carbons (Fsp3) is 0.0204. The summed E-state index contributed by atoms with van der Waals surface area (Å²) in [5.74, 6) is 0. The van der Waals surface area contributed by atoms with Crippen LogP contribution < -0.4 is 4.90 Å². The highest BCUT2D eigenvalue weighted by Gasteiger charge is 2.46. The minimum absolute atomic E-state index is 0.484. The quantitative estimate of drug-likeness (QED) is 0.183. The Morgan fingerprint density at radius 1 is 0.365 bits per heavy atom. The van der Waals surface area contributed by atoms with E-state index in [4.69, 9.17) is 8.83 Å². The summed E-state index contributed by atoms with van der Waals surface area (Å²) in [5.41, 5.74) is 13.6. The monoisotopic (exact) mass is 665 g/mol. The first-order valence-corrected chi connectivity index (χ1v) is 17.8. The van der Waals surface area contributed by atoms with E-state index in [1.807, 2.05) is 12.1 Å². The second kappa shape index (κ2) is 11.1. The van der Waals surface area contributed by atoms with Gasteiger partial charge in [0.1, 0.15) is 16.7 Å². The second-order valence-electron chi connectivity index (χ2n) is 13.6. The molecule has 3 heteroatoms. The van der Waals surface area contributed by atoms with Gasteiger partial charge in [0, 0.05) is 33.3 Å². The van der Waals surface area contributed by atoms with Crippen LogP contribution in [0.5, 0.6) is 0 Å². The normalized spacial score (nSPS) is 13.2. The Labute approximate surface area is 300 Å². The van der Waals surface area contributed by atoms with E-state index in [1.165, 1.54) is 33.4 Å². The Morgan fingerprint density at radius 2 is 1.00 bits per heavy atom. The van der Waals surface area contributed by atoms with Crippen LogP contribution in [0.15, 0.2) is 197 Å². The third kappa shape index (κ3) is 4.02. The molecule has 11 rings (SSSR count). The fourth-order valence-corrected chi connectivity index (χ4v) is 8.76. The number of furan rings is 2. The highest BCUT2D eigenvalue weighted by atomic mass is 16.3. The third-order valence-corrected chi connectivity index (χ3v) is 10.9. The van der Waals surface area contributed by atoms with Crippen LogP contribution >= 0.6 is 0 Å². The molecule has 0 spiro atoms. The summed E-state index contributed by atoms with van der Waals surface area (Å²) in [7, 11) is 0. The first kappa shape index (κ1) is 28.9. The highest BCUT2D eigenvalue weighted by molar-refractivity contribution is 6.11. The Morgan fingerprint density at radius 3 is 1.79 bits per heavy atom. The molecule has 0 N–H and O–H groups in total. The number of nitrogens with zero attached hydrogens (tertiary/aromatic N) is 1. The van der Waals surface area contributed by atoms with Gasteiger partial charge < -0.3 is 13.7 Å². The molecule has 0 fully saturated rings. The molecule has 3 nitrogen and oxygen atoms in total. The number of fused-ring (bicyclic) bond motifs is 9. The lowest BCUT2D eigenvalue weighted by Gasteiger charge is -2.33. The first-order chi connectivity index (χ1) is 25.8. The summed E-state index contributed by atoms with van der Waals surface area (Å²) in [5, 5.41) is 4.38. The molecular formula is C49H31NO2. The van der Waals surface area contributed by atoms with E-state index < -0.39 is 5.41 Å². The van der Waals surface area contributed by atoms with Crippen LogP contribution in [0.25, 0.3) is 55.0 Å². The number of hydrogen-bond donors (Lipinski definition) is 0. The van der Waals surface area contributed by atoms with Crippen molar-refractivity contribution in [1.29, 1.82) is 0 Å². The predicted molar refractivity (Wildman–Crippen MR) is 213 cm³/mol. The lowest BCUT2D eigenvalue weighted by atomic mass is 9.67. The van der Waals surface area contributed by atoms with Gasteiger partial charge in [0.15, 0.2) is 5.58 Å². The summed E-state index contributed by atoms with van der Waals surface area (Å²) >= 11 is 0. The molecular weight excluding hydrogens is 635 g/mol. The minimum atomic E-state index is -0.484. The molecule has 0 unspecified atom stereocenters. The van der Waals surface area contributed by atoms with Gasteiger partial charge in [-0.05, 0) is 81.9 Å². The second-order valence-corrected chi connectivity index (χ2v) is 13.6. The zero-order valence-corrected chi connectivity index (χ0v) is 28.2. The third-order valence-electron chi connectivity index (χ3n) is 10.9. The van der Waals surface area contributed by atoms with Gasteiger partial charge in [0.2, 0.25) is 0 Å². The van der Waals surface area contributed by atoms with Gasteiger partial charge >= 0.3 is 0 Å². The van der Waals surface area contributed by atoms with Crippen LogP contribution in [0.3, 0.4) is 0 Å². The molecule has 0 aliphatic heterocycles. The van der Waals surface area contributed by atoms with Crippen molar-refractivity contribution in [1.82, 2.24) is 0 Å². The zero-order chi connectivity index (χ0) is 34.2. The summed E-state index contributed by atoms with van der Waals surface area (Å²) < 4.78 is 13.2. The van der Waals surface area contributed by atoms with Crippen LogP contribution in [0, 0.1) is 0 Å². The van der Waals surface area contributed by atoms with Crippen molar-refractivity contribution in [2.75, 3.05) is 4.90 Å². The molecule has 1 aliphatic rings. The number of para-hydroxylation sites is 3. The van der Waals surface area contributed by atoms with E-state index >= 15 is 0 Å². The smallest absolute Gasteiger partial charge is 0.159 e. The first-order valence-electron chi connectivity index (χ1n) is 17.8. The van der Waals surface area contributed by atoms with E-state index in [0.29, 0.717) is 0 Å². The molecule has 0 bridgehead atoms. The topological polar surface area (TPSA) is 29.5 Å². The van der Waals surface area contributed by atoms with Crippen LogP contribution in [-0.4, -0.2) is 0 Å². The maximum Gasteiger partial charge on any atom is 0.159 e. The maximum absolute atomic E-state index is 6.87. The van der Waals surface area contributed by atoms with Crippen molar-refractivity contribution in [2.24, 2.45) is 0 Å². The lowest BCUT2D eigenvalue weighted by Crippen LogP contribution is -2.28. The molecule has 10 aromatic rings. The average Bonchev–Trinajstić information content (AvgIpc) is 3.87. The Bertz CT molecular complexity index is 2930. The van der Waals surface area contributed by atoms with Crippen molar-refractivity contribution in [3.05, 3.63) is 210 Å². The molecule has 0 saturated heterocycles. The molecule has 0 radical (unpaired) electrons. The SMILES string of the molecule is c1ccc(N(c2ccc3c(c2)oc2ccccc23)c2cccc3c2oc2ccc(C4(c5ccccc5)c5ccccc5-c5ccccc54)cc23)cc1. The molecule has 1 aliphatic carbocycles. The van der Waals surface area contributed by atoms with E-state index in [0.717, 1.165) is 60.9 Å². The summed E-state index contributed by atoms with van der Waals surface area (Å²) in [6, 6.07) is 67.1. The van der Waals surface area contributed by atoms with Gasteiger partial charge in [0.05, 0.1) is 16.8 Å². The van der Waals surface area contributed by atoms with E-state index in [-0.39, 0.29) is 0 Å². The van der Waals surface area contributed by atoms with Crippen LogP contribution in [0.2, 0.25) is 0 Å². The van der Waals surface area contributed by atoms with Gasteiger partial charge in [-0.25, -0.2) is 0 Å². The maximum atomic E-state index is 6.87. The molecule has 0 saturated carbocycles. The van der Waals surface area contributed by atoms with E-state index in [1.54, 1.807) is 0 Å². The summed E-state index contributed by atoms with van der Waals surface area (Å²) in [4.78, 5) is 2.27. The molecule has 0 amide bonds. The molecule has 2 heterocycles. The van der Waals surface area contributed by atoms with Crippen LogP contribution in [0.1, 0.15) is 22.3 Å². The van der Waals surface area contributed by atoms with Crippen molar-refractivity contribution in [3.63, 3.8) is 0 Å². The Balaban J connectivity index is 1.15. The van der Waals surface area contributed by atoms with Crippen molar-refractivity contribution in [2.45, 2.75) is 5.41 Å². The van der Waals surface area contributed by atoms with Crippen molar-refractivity contribution in [3.8, 4) is 11.1 Å². The van der Waals surface area contributed by atoms with Crippen molar-refractivity contribution < 1.29 is 8.83 Å². The number of rotatable bonds is 5. The van der Waals surface area contributed by atoms with E-state index in [2.05, 4.69) is 181 Å². The predicted octanol–water partition coefficient (Wildman–Crippen LogP) is 13.3. The van der Waals surface area contributed by atoms with Gasteiger partial charge in [-0.2, -0.15) is 0 Å². The van der Waals surface area contributed by atoms with Gasteiger partial charge in [-0.15, -0.1) is 0 Å².